The molecule has 2 aromatic carbocycles. The first-order valence-corrected chi connectivity index (χ1v) is 9.70. The Bertz CT molecular complexity index is 973. The third-order valence-corrected chi connectivity index (χ3v) is 5.24. The van der Waals surface area contributed by atoms with Crippen LogP contribution in [0.5, 0.6) is 0 Å². The van der Waals surface area contributed by atoms with E-state index < -0.39 is 10.0 Å². The van der Waals surface area contributed by atoms with E-state index in [0.29, 0.717) is 17.4 Å². The van der Waals surface area contributed by atoms with E-state index in [1.54, 1.807) is 12.1 Å². The number of anilines is 2. The summed E-state index contributed by atoms with van der Waals surface area (Å²) in [4.78, 5) is 0.102. The second-order valence-corrected chi connectivity index (χ2v) is 7.82. The summed E-state index contributed by atoms with van der Waals surface area (Å²) in [5, 5.41) is 11.5. The molecule has 1 aromatic heterocycles. The molecule has 134 valence electrons. The summed E-state index contributed by atoms with van der Waals surface area (Å²) < 4.78 is 27.0. The van der Waals surface area contributed by atoms with Gasteiger partial charge in [-0.05, 0) is 48.9 Å². The molecule has 0 unspecified atom stereocenters. The minimum atomic E-state index is -3.73. The third kappa shape index (κ3) is 4.71. The van der Waals surface area contributed by atoms with Crippen LogP contribution in [0, 0.1) is 6.92 Å². The van der Waals surface area contributed by atoms with E-state index in [1.165, 1.54) is 29.8 Å². The van der Waals surface area contributed by atoms with Crippen LogP contribution < -0.4 is 10.0 Å². The van der Waals surface area contributed by atoms with Gasteiger partial charge in [-0.1, -0.05) is 41.4 Å². The summed E-state index contributed by atoms with van der Waals surface area (Å²) in [6.07, 6.45) is 0. The van der Waals surface area contributed by atoms with Gasteiger partial charge >= 0.3 is 0 Å². The van der Waals surface area contributed by atoms with E-state index in [1.807, 2.05) is 31.2 Å². The molecule has 0 aliphatic heterocycles. The van der Waals surface area contributed by atoms with Crippen LogP contribution >= 0.6 is 11.6 Å². The molecule has 0 amide bonds. The average molecular weight is 389 g/mol. The Kier molecular flexibility index (Phi) is 5.39. The van der Waals surface area contributed by atoms with Crippen molar-refractivity contribution in [3.8, 4) is 0 Å². The van der Waals surface area contributed by atoms with Crippen LogP contribution in [0.25, 0.3) is 0 Å². The molecule has 8 heteroatoms. The van der Waals surface area contributed by atoms with Crippen molar-refractivity contribution in [3.63, 3.8) is 0 Å². The number of rotatable bonds is 6. The molecule has 0 radical (unpaired) electrons. The number of hydrogen-bond acceptors (Lipinski definition) is 5. The van der Waals surface area contributed by atoms with Gasteiger partial charge in [0.15, 0.2) is 5.82 Å². The summed E-state index contributed by atoms with van der Waals surface area (Å²) in [6.45, 7) is 2.64. The molecular formula is C18H17ClN4O2S. The summed E-state index contributed by atoms with van der Waals surface area (Å²) in [5.74, 6) is 0.695. The summed E-state index contributed by atoms with van der Waals surface area (Å²) in [7, 11) is -3.73. The van der Waals surface area contributed by atoms with Gasteiger partial charge in [0.1, 0.15) is 5.82 Å². The topological polar surface area (TPSA) is 84.0 Å². The van der Waals surface area contributed by atoms with Crippen molar-refractivity contribution in [2.24, 2.45) is 0 Å². The smallest absolute Gasteiger partial charge is 0.263 e. The first-order valence-electron chi connectivity index (χ1n) is 7.84. The van der Waals surface area contributed by atoms with E-state index >= 15 is 0 Å². The summed E-state index contributed by atoms with van der Waals surface area (Å²) in [6, 6.07) is 17.2. The Hall–Kier alpha value is -2.64. The number of aryl methyl sites for hydroxylation is 1. The number of halogens is 1. The zero-order chi connectivity index (χ0) is 18.6. The molecule has 1 heterocycles. The van der Waals surface area contributed by atoms with Gasteiger partial charge in [0.05, 0.1) is 4.90 Å². The van der Waals surface area contributed by atoms with Crippen LogP contribution in [0.4, 0.5) is 11.6 Å². The van der Waals surface area contributed by atoms with Gasteiger partial charge in [0.2, 0.25) is 0 Å². The minimum Gasteiger partial charge on any atom is -0.365 e. The molecule has 0 atom stereocenters. The highest BCUT2D eigenvalue weighted by Crippen LogP contribution is 2.17. The van der Waals surface area contributed by atoms with Crippen molar-refractivity contribution >= 4 is 33.3 Å². The van der Waals surface area contributed by atoms with Crippen molar-refractivity contribution in [2.45, 2.75) is 18.4 Å². The van der Waals surface area contributed by atoms with Crippen LogP contribution in [0.3, 0.4) is 0 Å². The lowest BCUT2D eigenvalue weighted by Crippen LogP contribution is -2.14. The number of aromatic nitrogens is 2. The highest BCUT2D eigenvalue weighted by molar-refractivity contribution is 7.92. The zero-order valence-electron chi connectivity index (χ0n) is 14.0. The van der Waals surface area contributed by atoms with Crippen LogP contribution in [0.2, 0.25) is 5.02 Å². The maximum Gasteiger partial charge on any atom is 0.263 e. The Morgan fingerprint density at radius 2 is 1.50 bits per heavy atom. The molecule has 2 N–H and O–H groups in total. The average Bonchev–Trinajstić information content (AvgIpc) is 2.62. The molecule has 0 fully saturated rings. The van der Waals surface area contributed by atoms with E-state index in [0.717, 1.165) is 5.56 Å². The van der Waals surface area contributed by atoms with Gasteiger partial charge in [-0.15, -0.1) is 10.2 Å². The second kappa shape index (κ2) is 7.72. The van der Waals surface area contributed by atoms with Crippen LogP contribution in [0.15, 0.2) is 65.6 Å². The Morgan fingerprint density at radius 3 is 2.12 bits per heavy atom. The predicted octanol–water partition coefficient (Wildman–Crippen LogP) is 3.85. The fraction of sp³-hybridized carbons (Fsp3) is 0.111. The predicted molar refractivity (Wildman–Crippen MR) is 103 cm³/mol. The Morgan fingerprint density at radius 1 is 0.885 bits per heavy atom. The third-order valence-electron chi connectivity index (χ3n) is 3.62. The fourth-order valence-corrected chi connectivity index (χ4v) is 3.31. The first-order chi connectivity index (χ1) is 12.4. The maximum atomic E-state index is 12.3. The normalized spacial score (nSPS) is 11.2. The van der Waals surface area contributed by atoms with Crippen LogP contribution in [-0.2, 0) is 16.6 Å². The summed E-state index contributed by atoms with van der Waals surface area (Å²) in [5.41, 5.74) is 2.32. The molecule has 0 aliphatic rings. The molecule has 3 rings (SSSR count). The molecule has 26 heavy (non-hydrogen) atoms. The standard InChI is InChI=1S/C18H17ClN4O2S/c1-13-2-4-14(5-3-13)12-20-17-10-11-18(22-21-17)23-26(24,25)16-8-6-15(19)7-9-16/h2-11H,12H2,1H3,(H,20,21)(H,22,23). The van der Waals surface area contributed by atoms with Gasteiger partial charge < -0.3 is 5.32 Å². The van der Waals surface area contributed by atoms with Crippen molar-refractivity contribution < 1.29 is 8.42 Å². The monoisotopic (exact) mass is 388 g/mol. The molecular weight excluding hydrogens is 372 g/mol. The largest absolute Gasteiger partial charge is 0.365 e. The van der Waals surface area contributed by atoms with Gasteiger partial charge in [0.25, 0.3) is 10.0 Å². The summed E-state index contributed by atoms with van der Waals surface area (Å²) >= 11 is 5.78. The quantitative estimate of drug-likeness (QED) is 0.670. The molecule has 0 spiro atoms. The van der Waals surface area contributed by atoms with Gasteiger partial charge in [-0.3, -0.25) is 4.72 Å². The lowest BCUT2D eigenvalue weighted by molar-refractivity contribution is 0.601. The second-order valence-electron chi connectivity index (χ2n) is 5.70. The first kappa shape index (κ1) is 18.2. The van der Waals surface area contributed by atoms with Gasteiger partial charge in [-0.2, -0.15) is 0 Å². The highest BCUT2D eigenvalue weighted by Gasteiger charge is 2.14. The number of benzene rings is 2. The zero-order valence-corrected chi connectivity index (χ0v) is 15.6. The van der Waals surface area contributed by atoms with Crippen molar-refractivity contribution in [2.75, 3.05) is 10.0 Å². The molecule has 0 saturated heterocycles. The highest BCUT2D eigenvalue weighted by atomic mass is 35.5. The van der Waals surface area contributed by atoms with Crippen molar-refractivity contribution in [1.29, 1.82) is 0 Å². The molecule has 0 bridgehead atoms. The van der Waals surface area contributed by atoms with Gasteiger partial charge in [-0.25, -0.2) is 8.42 Å². The van der Waals surface area contributed by atoms with Crippen molar-refractivity contribution in [1.82, 2.24) is 10.2 Å². The molecule has 0 saturated carbocycles. The van der Waals surface area contributed by atoms with E-state index in [2.05, 4.69) is 20.2 Å². The molecule has 6 nitrogen and oxygen atoms in total. The van der Waals surface area contributed by atoms with Gasteiger partial charge in [0, 0.05) is 11.6 Å². The number of nitrogens with one attached hydrogen (secondary N) is 2. The maximum absolute atomic E-state index is 12.3. The van der Waals surface area contributed by atoms with Crippen LogP contribution in [0.1, 0.15) is 11.1 Å². The Balaban J connectivity index is 1.63. The van der Waals surface area contributed by atoms with E-state index in [4.69, 9.17) is 11.6 Å². The lowest BCUT2D eigenvalue weighted by atomic mass is 10.1. The van der Waals surface area contributed by atoms with E-state index in [-0.39, 0.29) is 10.7 Å². The Labute approximate surface area is 157 Å². The minimum absolute atomic E-state index is 0.102. The number of hydrogen-bond donors (Lipinski definition) is 2. The van der Waals surface area contributed by atoms with Crippen molar-refractivity contribution in [3.05, 3.63) is 76.8 Å². The number of sulfonamides is 1. The molecule has 3 aromatic rings. The lowest BCUT2D eigenvalue weighted by Gasteiger charge is -2.08. The van der Waals surface area contributed by atoms with E-state index in [9.17, 15) is 8.42 Å². The number of nitrogens with zero attached hydrogens (tertiary/aromatic N) is 2. The molecule has 0 aliphatic carbocycles. The van der Waals surface area contributed by atoms with Crippen LogP contribution in [-0.4, -0.2) is 18.6 Å². The fourth-order valence-electron chi connectivity index (χ4n) is 2.19. The SMILES string of the molecule is Cc1ccc(CNc2ccc(NS(=O)(=O)c3ccc(Cl)cc3)nn2)cc1.